The van der Waals surface area contributed by atoms with Crippen LogP contribution in [0.15, 0.2) is 24.3 Å². The highest BCUT2D eigenvalue weighted by Crippen LogP contribution is 2.39. The van der Waals surface area contributed by atoms with Crippen LogP contribution in [0.4, 0.5) is 0 Å². The van der Waals surface area contributed by atoms with Gasteiger partial charge in [0.05, 0.1) is 6.61 Å². The van der Waals surface area contributed by atoms with E-state index in [-0.39, 0.29) is 5.78 Å². The number of alkyl halides is 1. The number of benzene rings is 1. The highest BCUT2D eigenvalue weighted by molar-refractivity contribution is 9.09. The summed E-state index contributed by atoms with van der Waals surface area (Å²) in [6.07, 6.45) is 5.63. The molecule has 104 valence electrons. The van der Waals surface area contributed by atoms with E-state index < -0.39 is 0 Å². The van der Waals surface area contributed by atoms with Crippen LogP contribution in [-0.4, -0.2) is 17.7 Å². The molecule has 19 heavy (non-hydrogen) atoms. The number of rotatable bonds is 6. The Morgan fingerprint density at radius 3 is 2.42 bits per heavy atom. The second-order valence-corrected chi connectivity index (χ2v) is 6.21. The number of hydrogen-bond donors (Lipinski definition) is 0. The van der Waals surface area contributed by atoms with Crippen molar-refractivity contribution in [2.45, 2.75) is 39.0 Å². The van der Waals surface area contributed by atoms with Gasteiger partial charge in [-0.2, -0.15) is 0 Å². The monoisotopic (exact) mass is 324 g/mol. The highest BCUT2D eigenvalue weighted by atomic mass is 79.9. The van der Waals surface area contributed by atoms with Gasteiger partial charge < -0.3 is 4.74 Å². The Morgan fingerprint density at radius 1 is 1.26 bits per heavy atom. The second-order valence-electron chi connectivity index (χ2n) is 5.65. The van der Waals surface area contributed by atoms with Gasteiger partial charge in [0.15, 0.2) is 0 Å². The lowest BCUT2D eigenvalue weighted by atomic mass is 9.90. The van der Waals surface area contributed by atoms with E-state index in [4.69, 9.17) is 4.74 Å². The van der Waals surface area contributed by atoms with Crippen LogP contribution < -0.4 is 4.74 Å². The molecule has 0 aromatic heterocycles. The summed E-state index contributed by atoms with van der Waals surface area (Å²) in [6.45, 7) is 2.40. The summed E-state index contributed by atoms with van der Waals surface area (Å²) in [6, 6.07) is 7.89. The molecule has 0 amide bonds. The van der Waals surface area contributed by atoms with E-state index >= 15 is 0 Å². The fourth-order valence-corrected chi connectivity index (χ4v) is 3.39. The number of ketones is 1. The van der Waals surface area contributed by atoms with Crippen LogP contribution in [0.3, 0.4) is 0 Å². The van der Waals surface area contributed by atoms with Crippen LogP contribution in [0, 0.1) is 5.41 Å². The average molecular weight is 325 g/mol. The van der Waals surface area contributed by atoms with Crippen LogP contribution in [-0.2, 0) is 11.2 Å². The molecule has 0 aliphatic heterocycles. The van der Waals surface area contributed by atoms with Gasteiger partial charge in [-0.05, 0) is 37.5 Å². The molecule has 1 aliphatic carbocycles. The first kappa shape index (κ1) is 14.6. The van der Waals surface area contributed by atoms with E-state index in [1.807, 2.05) is 24.3 Å². The maximum atomic E-state index is 11.0. The lowest BCUT2D eigenvalue weighted by Gasteiger charge is -2.26. The smallest absolute Gasteiger partial charge is 0.134 e. The molecular formula is C16H21BrO2. The first-order chi connectivity index (χ1) is 9.13. The third kappa shape index (κ3) is 4.07. The molecule has 1 aliphatic rings. The van der Waals surface area contributed by atoms with Gasteiger partial charge in [0.2, 0.25) is 0 Å². The quantitative estimate of drug-likeness (QED) is 0.735. The van der Waals surface area contributed by atoms with Crippen molar-refractivity contribution in [3.63, 3.8) is 0 Å². The van der Waals surface area contributed by atoms with E-state index in [9.17, 15) is 4.79 Å². The van der Waals surface area contributed by atoms with E-state index in [0.717, 1.165) is 23.2 Å². The van der Waals surface area contributed by atoms with E-state index in [2.05, 4.69) is 15.9 Å². The van der Waals surface area contributed by atoms with Gasteiger partial charge in [0, 0.05) is 17.2 Å². The van der Waals surface area contributed by atoms with Crippen LogP contribution in [0.1, 0.15) is 38.2 Å². The fraction of sp³-hybridized carbons (Fsp3) is 0.562. The van der Waals surface area contributed by atoms with E-state index in [1.165, 1.54) is 25.7 Å². The molecule has 0 radical (unpaired) electrons. The molecule has 0 unspecified atom stereocenters. The zero-order valence-electron chi connectivity index (χ0n) is 11.5. The molecule has 3 heteroatoms. The molecule has 1 saturated carbocycles. The third-order valence-electron chi connectivity index (χ3n) is 3.87. The Morgan fingerprint density at radius 2 is 1.89 bits per heavy atom. The summed E-state index contributed by atoms with van der Waals surface area (Å²) in [5.41, 5.74) is 1.37. The summed E-state index contributed by atoms with van der Waals surface area (Å²) in [5.74, 6) is 1.09. The maximum Gasteiger partial charge on any atom is 0.134 e. The Balaban J connectivity index is 1.90. The largest absolute Gasteiger partial charge is 0.493 e. The molecule has 0 bridgehead atoms. The van der Waals surface area contributed by atoms with Gasteiger partial charge in [-0.3, -0.25) is 4.79 Å². The van der Waals surface area contributed by atoms with Gasteiger partial charge in [-0.25, -0.2) is 0 Å². The number of hydrogen-bond acceptors (Lipinski definition) is 2. The first-order valence-corrected chi connectivity index (χ1v) is 8.03. The van der Waals surface area contributed by atoms with Crippen LogP contribution in [0.2, 0.25) is 0 Å². The normalized spacial score (nSPS) is 17.4. The number of Topliss-reactive ketones (excluding diaryl/α,β-unsaturated/α-hetero) is 1. The summed E-state index contributed by atoms with van der Waals surface area (Å²) < 4.78 is 5.93. The topological polar surface area (TPSA) is 26.3 Å². The molecule has 1 aromatic carbocycles. The number of carbonyl (C=O) groups excluding carboxylic acids is 1. The van der Waals surface area contributed by atoms with Crippen molar-refractivity contribution in [1.29, 1.82) is 0 Å². The van der Waals surface area contributed by atoms with Crippen molar-refractivity contribution < 1.29 is 9.53 Å². The standard InChI is InChI=1S/C16H21BrO2/c1-13(18)10-14-4-6-15(7-5-14)19-12-16(11-17)8-2-3-9-16/h4-7H,2-3,8-12H2,1H3. The second kappa shape index (κ2) is 6.56. The van der Waals surface area contributed by atoms with Gasteiger partial charge in [0.25, 0.3) is 0 Å². The number of ether oxygens (including phenoxy) is 1. The Bertz CT molecular complexity index is 419. The summed E-state index contributed by atoms with van der Waals surface area (Å²) >= 11 is 3.63. The van der Waals surface area contributed by atoms with E-state index in [1.54, 1.807) is 6.92 Å². The summed E-state index contributed by atoms with van der Waals surface area (Å²) in [7, 11) is 0. The average Bonchev–Trinajstić information content (AvgIpc) is 2.87. The molecule has 0 N–H and O–H groups in total. The molecule has 2 nitrogen and oxygen atoms in total. The minimum absolute atomic E-state index is 0.192. The fourth-order valence-electron chi connectivity index (χ4n) is 2.67. The summed E-state index contributed by atoms with van der Waals surface area (Å²) in [5, 5.41) is 1.02. The molecule has 1 aromatic rings. The molecule has 2 rings (SSSR count). The zero-order chi connectivity index (χ0) is 13.7. The van der Waals surface area contributed by atoms with Crippen molar-refractivity contribution in [2.75, 3.05) is 11.9 Å². The van der Waals surface area contributed by atoms with Crippen LogP contribution in [0.5, 0.6) is 5.75 Å². The minimum Gasteiger partial charge on any atom is -0.493 e. The lowest BCUT2D eigenvalue weighted by molar-refractivity contribution is -0.116. The molecule has 1 fully saturated rings. The van der Waals surface area contributed by atoms with Gasteiger partial charge in [-0.15, -0.1) is 0 Å². The Labute approximate surface area is 123 Å². The minimum atomic E-state index is 0.192. The molecule has 0 saturated heterocycles. The molecular weight excluding hydrogens is 304 g/mol. The summed E-state index contributed by atoms with van der Waals surface area (Å²) in [4.78, 5) is 11.0. The number of carbonyl (C=O) groups is 1. The van der Waals surface area contributed by atoms with Crippen LogP contribution >= 0.6 is 15.9 Å². The van der Waals surface area contributed by atoms with Crippen molar-refractivity contribution in [3.8, 4) is 5.75 Å². The first-order valence-electron chi connectivity index (χ1n) is 6.91. The zero-order valence-corrected chi connectivity index (χ0v) is 13.0. The maximum absolute atomic E-state index is 11.0. The third-order valence-corrected chi connectivity index (χ3v) is 5.06. The van der Waals surface area contributed by atoms with Crippen molar-refractivity contribution in [2.24, 2.45) is 5.41 Å². The van der Waals surface area contributed by atoms with Gasteiger partial charge in [0.1, 0.15) is 11.5 Å². The lowest BCUT2D eigenvalue weighted by Crippen LogP contribution is -2.26. The van der Waals surface area contributed by atoms with Crippen LogP contribution in [0.25, 0.3) is 0 Å². The van der Waals surface area contributed by atoms with Crippen molar-refractivity contribution in [1.82, 2.24) is 0 Å². The molecule has 0 atom stereocenters. The van der Waals surface area contributed by atoms with Crippen molar-refractivity contribution in [3.05, 3.63) is 29.8 Å². The predicted molar refractivity (Wildman–Crippen MR) is 81.0 cm³/mol. The van der Waals surface area contributed by atoms with Crippen molar-refractivity contribution >= 4 is 21.7 Å². The highest BCUT2D eigenvalue weighted by Gasteiger charge is 2.33. The SMILES string of the molecule is CC(=O)Cc1ccc(OCC2(CBr)CCCC2)cc1. The Hall–Kier alpha value is -0.830. The molecule has 0 heterocycles. The van der Waals surface area contributed by atoms with Gasteiger partial charge in [-0.1, -0.05) is 40.9 Å². The number of halogens is 1. The Kier molecular flexibility index (Phi) is 5.03. The predicted octanol–water partition coefficient (Wildman–Crippen LogP) is 4.15. The van der Waals surface area contributed by atoms with E-state index in [0.29, 0.717) is 11.8 Å². The van der Waals surface area contributed by atoms with Gasteiger partial charge >= 0.3 is 0 Å². The molecule has 0 spiro atoms.